The Balaban J connectivity index is 1.26. The van der Waals surface area contributed by atoms with Gasteiger partial charge in [-0.3, -0.25) is 15.1 Å². The van der Waals surface area contributed by atoms with Crippen molar-refractivity contribution in [3.05, 3.63) is 94.0 Å². The molecule has 3 aromatic rings. The summed E-state index contributed by atoms with van der Waals surface area (Å²) in [5.74, 6) is 0.705. The summed E-state index contributed by atoms with van der Waals surface area (Å²) in [5, 5.41) is 21.1. The summed E-state index contributed by atoms with van der Waals surface area (Å²) in [6.07, 6.45) is 2.73. The summed E-state index contributed by atoms with van der Waals surface area (Å²) in [4.78, 5) is 15.5. The second-order valence-corrected chi connectivity index (χ2v) is 9.46. The summed E-state index contributed by atoms with van der Waals surface area (Å²) < 4.78 is 5.57. The quantitative estimate of drug-likeness (QED) is 0.367. The first-order valence-electron chi connectivity index (χ1n) is 12.3. The first-order valence-corrected chi connectivity index (χ1v) is 12.3. The van der Waals surface area contributed by atoms with Gasteiger partial charge in [0.2, 0.25) is 0 Å². The first-order chi connectivity index (χ1) is 17.5. The molecule has 0 saturated carbocycles. The zero-order valence-electron chi connectivity index (χ0n) is 20.1. The number of benzene rings is 3. The Kier molecular flexibility index (Phi) is 6.70. The monoisotopic (exact) mass is 479 g/mol. The summed E-state index contributed by atoms with van der Waals surface area (Å²) in [7, 11) is 0. The second-order valence-electron chi connectivity index (χ2n) is 9.46. The lowest BCUT2D eigenvalue weighted by atomic mass is 9.96. The standard InChI is InChI=1S/C29H29N5O2/c30-16-19-3-1-4-20(13-19)17-34-11-2-5-24(18-34)33-29(35)23-6-8-26(31)25(15-23)28(32)22-7-9-27-21(14-22)10-12-36-27/h1,3-4,6-9,13-15,24,32H,2,5,10-12,17-18,31H2,(H,33,35)/t24-/m1/s1. The Morgan fingerprint density at radius 2 is 2.03 bits per heavy atom. The number of hydrogen-bond acceptors (Lipinski definition) is 6. The number of piperidine rings is 1. The van der Waals surface area contributed by atoms with Crippen molar-refractivity contribution in [2.75, 3.05) is 25.4 Å². The van der Waals surface area contributed by atoms with Crippen LogP contribution in [-0.4, -0.2) is 42.3 Å². The van der Waals surface area contributed by atoms with E-state index >= 15 is 0 Å². The highest BCUT2D eigenvalue weighted by atomic mass is 16.5. The SMILES string of the molecule is N#Cc1cccc(CN2CCC[C@@H](NC(=O)c3ccc(N)c(C(=N)c4ccc5c(c4)CCO5)c3)C2)c1. The predicted octanol–water partition coefficient (Wildman–Crippen LogP) is 3.89. The number of anilines is 1. The van der Waals surface area contributed by atoms with Crippen LogP contribution in [0.25, 0.3) is 0 Å². The number of nitrogens with zero attached hydrogens (tertiary/aromatic N) is 2. The van der Waals surface area contributed by atoms with Crippen LogP contribution in [0.1, 0.15) is 51.0 Å². The van der Waals surface area contributed by atoms with Gasteiger partial charge in [-0.1, -0.05) is 12.1 Å². The van der Waals surface area contributed by atoms with Crippen LogP contribution >= 0.6 is 0 Å². The number of likely N-dealkylation sites (tertiary alicyclic amines) is 1. The van der Waals surface area contributed by atoms with Crippen LogP contribution in [0.4, 0.5) is 5.69 Å². The van der Waals surface area contributed by atoms with Crippen LogP contribution in [0, 0.1) is 16.7 Å². The van der Waals surface area contributed by atoms with Gasteiger partial charge in [-0.05, 0) is 79.0 Å². The van der Waals surface area contributed by atoms with Crippen LogP contribution in [0.3, 0.4) is 0 Å². The Morgan fingerprint density at radius 1 is 1.17 bits per heavy atom. The molecule has 0 radical (unpaired) electrons. The van der Waals surface area contributed by atoms with Gasteiger partial charge in [0.1, 0.15) is 5.75 Å². The molecular formula is C29H29N5O2. The van der Waals surface area contributed by atoms with E-state index in [1.165, 1.54) is 0 Å². The van der Waals surface area contributed by atoms with Crippen LogP contribution in [-0.2, 0) is 13.0 Å². The molecule has 2 aliphatic heterocycles. The van der Waals surface area contributed by atoms with Crippen LogP contribution in [0.2, 0.25) is 0 Å². The predicted molar refractivity (Wildman–Crippen MR) is 139 cm³/mol. The van der Waals surface area contributed by atoms with Crippen molar-refractivity contribution in [2.45, 2.75) is 31.8 Å². The molecule has 1 fully saturated rings. The molecule has 2 heterocycles. The maximum absolute atomic E-state index is 13.1. The third kappa shape index (κ3) is 5.09. The molecule has 0 spiro atoms. The molecule has 0 bridgehead atoms. The largest absolute Gasteiger partial charge is 0.493 e. The van der Waals surface area contributed by atoms with Gasteiger partial charge >= 0.3 is 0 Å². The van der Waals surface area contributed by atoms with Gasteiger partial charge in [-0.15, -0.1) is 0 Å². The molecule has 0 aromatic heterocycles. The number of fused-ring (bicyclic) bond motifs is 1. The average molecular weight is 480 g/mol. The molecule has 7 nitrogen and oxygen atoms in total. The van der Waals surface area contributed by atoms with Gasteiger partial charge in [0, 0.05) is 47.9 Å². The molecule has 2 aliphatic rings. The van der Waals surface area contributed by atoms with Gasteiger partial charge in [0.15, 0.2) is 0 Å². The molecule has 3 aromatic carbocycles. The van der Waals surface area contributed by atoms with Crippen LogP contribution < -0.4 is 15.8 Å². The van der Waals surface area contributed by atoms with Crippen molar-refractivity contribution in [1.82, 2.24) is 10.2 Å². The number of nitrogens with two attached hydrogens (primary N) is 1. The van der Waals surface area contributed by atoms with E-state index in [1.807, 2.05) is 42.5 Å². The molecule has 36 heavy (non-hydrogen) atoms. The van der Waals surface area contributed by atoms with E-state index in [0.29, 0.717) is 34.7 Å². The molecule has 5 rings (SSSR count). The van der Waals surface area contributed by atoms with Crippen LogP contribution in [0.15, 0.2) is 60.7 Å². The minimum Gasteiger partial charge on any atom is -0.493 e. The van der Waals surface area contributed by atoms with E-state index in [2.05, 4.69) is 16.3 Å². The van der Waals surface area contributed by atoms with Gasteiger partial charge < -0.3 is 15.8 Å². The maximum atomic E-state index is 13.1. The van der Waals surface area contributed by atoms with Gasteiger partial charge in [-0.25, -0.2) is 0 Å². The van der Waals surface area contributed by atoms with E-state index < -0.39 is 0 Å². The van der Waals surface area contributed by atoms with Crippen molar-refractivity contribution >= 4 is 17.3 Å². The third-order valence-corrected chi connectivity index (χ3v) is 6.87. The Morgan fingerprint density at radius 3 is 2.89 bits per heavy atom. The zero-order valence-corrected chi connectivity index (χ0v) is 20.1. The lowest BCUT2D eigenvalue weighted by molar-refractivity contribution is 0.0901. The summed E-state index contributed by atoms with van der Waals surface area (Å²) in [6, 6.07) is 20.7. The van der Waals surface area contributed by atoms with Crippen molar-refractivity contribution in [2.24, 2.45) is 0 Å². The zero-order chi connectivity index (χ0) is 25.1. The van der Waals surface area contributed by atoms with E-state index in [9.17, 15) is 4.79 Å². The minimum absolute atomic E-state index is 0.0302. The number of amides is 1. The summed E-state index contributed by atoms with van der Waals surface area (Å²) in [5.41, 5.74) is 11.6. The average Bonchev–Trinajstić information content (AvgIpc) is 3.37. The lowest BCUT2D eigenvalue weighted by Crippen LogP contribution is -2.47. The molecule has 1 amide bonds. The molecule has 4 N–H and O–H groups in total. The highest BCUT2D eigenvalue weighted by molar-refractivity contribution is 6.15. The molecule has 182 valence electrons. The van der Waals surface area contributed by atoms with Crippen molar-refractivity contribution in [3.8, 4) is 11.8 Å². The van der Waals surface area contributed by atoms with E-state index in [1.54, 1.807) is 18.2 Å². The van der Waals surface area contributed by atoms with Crippen LogP contribution in [0.5, 0.6) is 5.75 Å². The van der Waals surface area contributed by atoms with E-state index in [4.69, 9.17) is 21.1 Å². The third-order valence-electron chi connectivity index (χ3n) is 6.87. The minimum atomic E-state index is -0.162. The van der Waals surface area contributed by atoms with Crippen molar-refractivity contribution in [1.29, 1.82) is 10.7 Å². The molecule has 1 atom stereocenters. The fourth-order valence-corrected chi connectivity index (χ4v) is 4.99. The number of ether oxygens (including phenoxy) is 1. The Hall–Kier alpha value is -4.15. The van der Waals surface area contributed by atoms with E-state index in [0.717, 1.165) is 61.3 Å². The lowest BCUT2D eigenvalue weighted by Gasteiger charge is -2.33. The fourth-order valence-electron chi connectivity index (χ4n) is 4.99. The number of carbonyl (C=O) groups excluding carboxylic acids is 1. The first kappa shape index (κ1) is 23.6. The molecule has 0 unspecified atom stereocenters. The van der Waals surface area contributed by atoms with Crippen molar-refractivity contribution < 1.29 is 9.53 Å². The number of nitrogen functional groups attached to an aromatic ring is 1. The smallest absolute Gasteiger partial charge is 0.251 e. The Labute approximate surface area is 211 Å². The van der Waals surface area contributed by atoms with Gasteiger partial charge in [-0.2, -0.15) is 5.26 Å². The topological polar surface area (TPSA) is 115 Å². The fraction of sp³-hybridized carbons (Fsp3) is 0.276. The maximum Gasteiger partial charge on any atom is 0.251 e. The number of carbonyl (C=O) groups is 1. The van der Waals surface area contributed by atoms with Gasteiger partial charge in [0.25, 0.3) is 5.91 Å². The molecule has 1 saturated heterocycles. The highest BCUT2D eigenvalue weighted by Crippen LogP contribution is 2.28. The number of nitriles is 1. The number of hydrogen-bond donors (Lipinski definition) is 3. The van der Waals surface area contributed by atoms with Gasteiger partial charge in [0.05, 0.1) is 24.0 Å². The number of nitrogens with one attached hydrogen (secondary N) is 2. The van der Waals surface area contributed by atoms with Crippen molar-refractivity contribution in [3.63, 3.8) is 0 Å². The van der Waals surface area contributed by atoms with E-state index in [-0.39, 0.29) is 11.9 Å². The number of rotatable bonds is 6. The highest BCUT2D eigenvalue weighted by Gasteiger charge is 2.23. The summed E-state index contributed by atoms with van der Waals surface area (Å²) >= 11 is 0. The Bertz CT molecular complexity index is 1360. The molecule has 7 heteroatoms. The molecule has 0 aliphatic carbocycles. The normalized spacial score (nSPS) is 17.0. The summed E-state index contributed by atoms with van der Waals surface area (Å²) in [6.45, 7) is 3.11. The molecular weight excluding hydrogens is 450 g/mol. The second kappa shape index (κ2) is 10.2.